The van der Waals surface area contributed by atoms with Crippen molar-refractivity contribution in [2.75, 3.05) is 26.7 Å². The highest BCUT2D eigenvalue weighted by atomic mass is 35.5. The minimum atomic E-state index is -0.599. The summed E-state index contributed by atoms with van der Waals surface area (Å²) >= 11 is 0. The monoisotopic (exact) mass is 454 g/mol. The number of fused-ring (bicyclic) bond motifs is 1. The Labute approximate surface area is 193 Å². The zero-order chi connectivity index (χ0) is 19.6. The fourth-order valence-corrected chi connectivity index (χ4v) is 5.08. The van der Waals surface area contributed by atoms with E-state index in [0.717, 1.165) is 63.9 Å². The molecule has 0 bridgehead atoms. The van der Waals surface area contributed by atoms with Gasteiger partial charge in [-0.05, 0) is 67.2 Å². The van der Waals surface area contributed by atoms with Crippen molar-refractivity contribution >= 4 is 35.6 Å². The number of aliphatic hydroxyl groups is 1. The van der Waals surface area contributed by atoms with Gasteiger partial charge in [-0.15, -0.1) is 24.8 Å². The van der Waals surface area contributed by atoms with Gasteiger partial charge in [0.05, 0.1) is 12.7 Å². The Morgan fingerprint density at radius 2 is 1.67 bits per heavy atom. The van der Waals surface area contributed by atoms with Crippen molar-refractivity contribution in [3.8, 4) is 5.75 Å². The number of piperidine rings is 1. The molecule has 3 N–H and O–H groups in total. The van der Waals surface area contributed by atoms with Crippen molar-refractivity contribution in [3.05, 3.63) is 42.0 Å². The Balaban J connectivity index is 0.00000160. The average molecular weight is 455 g/mol. The van der Waals surface area contributed by atoms with E-state index in [2.05, 4.69) is 35.2 Å². The molecule has 1 saturated heterocycles. The second kappa shape index (κ2) is 11.0. The van der Waals surface area contributed by atoms with Crippen LogP contribution in [0.3, 0.4) is 0 Å². The number of likely N-dealkylation sites (tertiary alicyclic amines) is 1. The van der Waals surface area contributed by atoms with Crippen LogP contribution in [-0.4, -0.2) is 48.4 Å². The topological polar surface area (TPSA) is 58.7 Å². The summed E-state index contributed by atoms with van der Waals surface area (Å²) < 4.78 is 5.36. The quantitative estimate of drug-likeness (QED) is 0.674. The molecule has 0 aromatic heterocycles. The second-order valence-electron chi connectivity index (χ2n) is 8.83. The third-order valence-corrected chi connectivity index (χ3v) is 6.91. The van der Waals surface area contributed by atoms with Crippen LogP contribution in [0.1, 0.15) is 56.4 Å². The highest BCUT2D eigenvalue weighted by molar-refractivity contribution is 5.86. The molecule has 168 valence electrons. The minimum Gasteiger partial charge on any atom is -0.497 e. The van der Waals surface area contributed by atoms with Crippen LogP contribution >= 0.6 is 24.8 Å². The lowest BCUT2D eigenvalue weighted by atomic mass is 9.72. The first-order chi connectivity index (χ1) is 13.6. The average Bonchev–Trinajstić information content (AvgIpc) is 2.73. The lowest BCUT2D eigenvalue weighted by molar-refractivity contribution is -0.0324. The number of ether oxygens (including phenoxy) is 1. The van der Waals surface area contributed by atoms with Gasteiger partial charge in [0.2, 0.25) is 0 Å². The minimum absolute atomic E-state index is 0. The number of methoxy groups -OCH3 is 1. The van der Waals surface area contributed by atoms with Crippen molar-refractivity contribution in [1.82, 2.24) is 4.90 Å². The van der Waals surface area contributed by atoms with Crippen LogP contribution in [0.4, 0.5) is 0 Å². The van der Waals surface area contributed by atoms with Crippen molar-refractivity contribution in [3.63, 3.8) is 0 Å². The summed E-state index contributed by atoms with van der Waals surface area (Å²) in [6, 6.07) is 13.2. The second-order valence-corrected chi connectivity index (χ2v) is 8.83. The molecule has 4 nitrogen and oxygen atoms in total. The highest BCUT2D eigenvalue weighted by Gasteiger charge is 2.39. The summed E-state index contributed by atoms with van der Waals surface area (Å²) in [5.74, 6) is 1.03. The smallest absolute Gasteiger partial charge is 0.119 e. The standard InChI is InChI=1S/C24H34N2O2.2ClH/c1-28-22-8-7-18-15-20(6-5-19(18)16-22)23(24(27)11-3-2-4-12-24)17-26-13-9-21(25)10-14-26;;/h5-8,15-16,21,23,27H,2-4,9-14,17,25H2,1H3;2*1H. The van der Waals surface area contributed by atoms with Crippen LogP contribution in [0.15, 0.2) is 36.4 Å². The first-order valence-electron chi connectivity index (χ1n) is 10.9. The Bertz CT molecular complexity index is 803. The largest absolute Gasteiger partial charge is 0.497 e. The van der Waals surface area contributed by atoms with Crippen LogP contribution in [0.2, 0.25) is 0 Å². The molecule has 4 rings (SSSR count). The summed E-state index contributed by atoms with van der Waals surface area (Å²) in [7, 11) is 1.70. The summed E-state index contributed by atoms with van der Waals surface area (Å²) in [4.78, 5) is 2.51. The normalized spacial score (nSPS) is 20.8. The molecule has 2 aliphatic rings. The maximum absolute atomic E-state index is 11.6. The number of halogens is 2. The Morgan fingerprint density at radius 3 is 2.33 bits per heavy atom. The molecular weight excluding hydrogens is 419 g/mol. The molecular formula is C24H36Cl2N2O2. The number of benzene rings is 2. The summed E-state index contributed by atoms with van der Waals surface area (Å²) in [6.07, 6.45) is 7.43. The van der Waals surface area contributed by atoms with Crippen LogP contribution in [0, 0.1) is 0 Å². The van der Waals surface area contributed by atoms with Gasteiger partial charge in [-0.2, -0.15) is 0 Å². The van der Waals surface area contributed by atoms with Crippen molar-refractivity contribution in [1.29, 1.82) is 0 Å². The molecule has 6 heteroatoms. The predicted molar refractivity (Wildman–Crippen MR) is 129 cm³/mol. The molecule has 1 unspecified atom stereocenters. The van der Waals surface area contributed by atoms with E-state index in [1.54, 1.807) is 7.11 Å². The van der Waals surface area contributed by atoms with Gasteiger partial charge >= 0.3 is 0 Å². The van der Waals surface area contributed by atoms with Crippen LogP contribution < -0.4 is 10.5 Å². The molecule has 0 amide bonds. The molecule has 1 heterocycles. The van der Waals surface area contributed by atoms with E-state index in [4.69, 9.17) is 10.5 Å². The van der Waals surface area contributed by atoms with E-state index in [-0.39, 0.29) is 30.7 Å². The molecule has 0 radical (unpaired) electrons. The summed E-state index contributed by atoms with van der Waals surface area (Å²) in [5, 5.41) is 14.0. The van der Waals surface area contributed by atoms with Gasteiger partial charge in [0.1, 0.15) is 5.75 Å². The molecule has 2 aromatic rings. The number of nitrogens with two attached hydrogens (primary N) is 1. The molecule has 2 fully saturated rings. The van der Waals surface area contributed by atoms with Gasteiger partial charge in [-0.1, -0.05) is 43.5 Å². The SMILES string of the molecule is COc1ccc2cc(C(CN3CCC(N)CC3)C3(O)CCCCC3)ccc2c1.Cl.Cl. The number of rotatable bonds is 5. The first-order valence-corrected chi connectivity index (χ1v) is 10.9. The molecule has 1 aliphatic heterocycles. The molecule has 1 atom stereocenters. The number of hydrogen-bond acceptors (Lipinski definition) is 4. The van der Waals surface area contributed by atoms with E-state index >= 15 is 0 Å². The fourth-order valence-electron chi connectivity index (χ4n) is 5.08. The number of hydrogen-bond donors (Lipinski definition) is 2. The molecule has 0 spiro atoms. The lowest BCUT2D eigenvalue weighted by Gasteiger charge is -2.43. The van der Waals surface area contributed by atoms with E-state index in [9.17, 15) is 5.11 Å². The predicted octanol–water partition coefficient (Wildman–Crippen LogP) is 4.89. The molecule has 2 aromatic carbocycles. The van der Waals surface area contributed by atoms with Crippen LogP contribution in [-0.2, 0) is 0 Å². The van der Waals surface area contributed by atoms with Crippen molar-refractivity contribution < 1.29 is 9.84 Å². The molecule has 1 aliphatic carbocycles. The van der Waals surface area contributed by atoms with Crippen LogP contribution in [0.5, 0.6) is 5.75 Å². The van der Waals surface area contributed by atoms with E-state index < -0.39 is 5.60 Å². The molecule has 30 heavy (non-hydrogen) atoms. The third kappa shape index (κ3) is 5.60. The fraction of sp³-hybridized carbons (Fsp3) is 0.583. The van der Waals surface area contributed by atoms with Crippen molar-refractivity contribution in [2.24, 2.45) is 5.73 Å². The first kappa shape index (κ1) is 25.2. The maximum Gasteiger partial charge on any atom is 0.119 e. The Kier molecular flexibility index (Phi) is 9.26. The van der Waals surface area contributed by atoms with Gasteiger partial charge in [0.25, 0.3) is 0 Å². The van der Waals surface area contributed by atoms with Gasteiger partial charge in [0.15, 0.2) is 0 Å². The molecule has 1 saturated carbocycles. The summed E-state index contributed by atoms with van der Waals surface area (Å²) in [5.41, 5.74) is 6.77. The Morgan fingerprint density at radius 1 is 1.03 bits per heavy atom. The lowest BCUT2D eigenvalue weighted by Crippen LogP contribution is -2.47. The van der Waals surface area contributed by atoms with Gasteiger partial charge < -0.3 is 20.5 Å². The Hall–Kier alpha value is -1.04. The van der Waals surface area contributed by atoms with E-state index in [0.29, 0.717) is 6.04 Å². The van der Waals surface area contributed by atoms with Gasteiger partial charge in [-0.25, -0.2) is 0 Å². The third-order valence-electron chi connectivity index (χ3n) is 6.91. The van der Waals surface area contributed by atoms with Gasteiger partial charge in [0, 0.05) is 18.5 Å². The van der Waals surface area contributed by atoms with E-state index in [1.807, 2.05) is 6.07 Å². The number of nitrogens with zero attached hydrogens (tertiary/aromatic N) is 1. The zero-order valence-corrected chi connectivity index (χ0v) is 19.5. The van der Waals surface area contributed by atoms with Gasteiger partial charge in [-0.3, -0.25) is 0 Å². The summed E-state index contributed by atoms with van der Waals surface area (Å²) in [6.45, 7) is 3.00. The zero-order valence-electron chi connectivity index (χ0n) is 17.9. The van der Waals surface area contributed by atoms with E-state index in [1.165, 1.54) is 22.8 Å². The highest BCUT2D eigenvalue weighted by Crippen LogP contribution is 2.41. The van der Waals surface area contributed by atoms with Crippen LogP contribution in [0.25, 0.3) is 10.8 Å². The maximum atomic E-state index is 11.6. The van der Waals surface area contributed by atoms with Crippen molar-refractivity contribution in [2.45, 2.75) is 62.5 Å².